The number of rotatable bonds is 8. The van der Waals surface area contributed by atoms with Gasteiger partial charge in [-0.2, -0.15) is 0 Å². The molecule has 0 saturated heterocycles. The molecule has 1 aromatic heterocycles. The van der Waals surface area contributed by atoms with Gasteiger partial charge in [0.2, 0.25) is 0 Å². The molecule has 0 fully saturated rings. The minimum Gasteiger partial charge on any atom is -0.342 e. The van der Waals surface area contributed by atoms with E-state index in [0.717, 1.165) is 18.7 Å². The number of benzene rings is 2. The van der Waals surface area contributed by atoms with Gasteiger partial charge in [-0.3, -0.25) is 0 Å². The summed E-state index contributed by atoms with van der Waals surface area (Å²) in [5, 5.41) is 0. The second kappa shape index (κ2) is 9.36. The fourth-order valence-corrected chi connectivity index (χ4v) is 3.77. The van der Waals surface area contributed by atoms with Crippen LogP contribution < -0.4 is 4.90 Å². The summed E-state index contributed by atoms with van der Waals surface area (Å²) in [4.78, 5) is 1.34. The molecule has 0 aliphatic carbocycles. The van der Waals surface area contributed by atoms with Crippen molar-refractivity contribution in [2.45, 2.75) is 53.4 Å². The Hall–Kier alpha value is -2.46. The Balaban J connectivity index is 1.81. The maximum Gasteiger partial charge on any atom is 0.159 e. The average molecular weight is 398 g/mol. The van der Waals surface area contributed by atoms with Crippen LogP contribution in [0.4, 0.5) is 8.78 Å². The number of nitrogens with zero attached hydrogens (tertiary/aromatic N) is 1. The predicted molar refractivity (Wildman–Crippen MR) is 114 cm³/mol. The molecule has 0 spiro atoms. The SMILES string of the molecule is Cc1cccc(Cn2cccc2C[NH+](Cc2ccc(F)c(F)c2)[C@H](C)C(C)C)c1. The summed E-state index contributed by atoms with van der Waals surface area (Å²) in [6.07, 6.45) is 2.12. The Kier molecular flexibility index (Phi) is 6.86. The highest BCUT2D eigenvalue weighted by Gasteiger charge is 2.23. The number of quaternary nitrogens is 1. The summed E-state index contributed by atoms with van der Waals surface area (Å²) in [6, 6.07) is 17.4. The molecule has 1 heterocycles. The number of hydrogen-bond donors (Lipinski definition) is 1. The van der Waals surface area contributed by atoms with E-state index in [-0.39, 0.29) is 0 Å². The molecule has 2 aromatic carbocycles. The maximum absolute atomic E-state index is 13.7. The van der Waals surface area contributed by atoms with Crippen LogP contribution in [0.2, 0.25) is 0 Å². The highest BCUT2D eigenvalue weighted by atomic mass is 19.2. The van der Waals surface area contributed by atoms with Gasteiger partial charge in [-0.1, -0.05) is 49.7 Å². The summed E-state index contributed by atoms with van der Waals surface area (Å²) in [6.45, 7) is 11.1. The molecule has 2 atom stereocenters. The Morgan fingerprint density at radius 2 is 1.66 bits per heavy atom. The zero-order chi connectivity index (χ0) is 21.0. The molecule has 4 heteroatoms. The molecule has 29 heavy (non-hydrogen) atoms. The number of aryl methyl sites for hydroxylation is 1. The lowest BCUT2D eigenvalue weighted by atomic mass is 10.0. The van der Waals surface area contributed by atoms with Crippen LogP contribution in [0.3, 0.4) is 0 Å². The molecule has 0 bridgehead atoms. The van der Waals surface area contributed by atoms with E-state index in [0.29, 0.717) is 18.5 Å². The van der Waals surface area contributed by atoms with Crippen LogP contribution >= 0.6 is 0 Å². The van der Waals surface area contributed by atoms with Crippen molar-refractivity contribution in [3.63, 3.8) is 0 Å². The van der Waals surface area contributed by atoms with Gasteiger partial charge < -0.3 is 9.47 Å². The highest BCUT2D eigenvalue weighted by Crippen LogP contribution is 2.11. The quantitative estimate of drug-likeness (QED) is 0.562. The first-order valence-corrected chi connectivity index (χ1v) is 10.3. The number of halogens is 2. The highest BCUT2D eigenvalue weighted by molar-refractivity contribution is 5.23. The molecule has 0 aliphatic rings. The first-order valence-electron chi connectivity index (χ1n) is 10.3. The molecular weight excluding hydrogens is 366 g/mol. The van der Waals surface area contributed by atoms with Crippen molar-refractivity contribution in [3.05, 3.63) is 94.8 Å². The molecule has 0 radical (unpaired) electrons. The van der Waals surface area contributed by atoms with Gasteiger partial charge in [0.1, 0.15) is 13.1 Å². The zero-order valence-electron chi connectivity index (χ0n) is 17.8. The van der Waals surface area contributed by atoms with E-state index in [9.17, 15) is 8.78 Å². The van der Waals surface area contributed by atoms with E-state index in [2.05, 4.69) is 74.9 Å². The van der Waals surface area contributed by atoms with E-state index >= 15 is 0 Å². The number of nitrogens with one attached hydrogen (secondary N) is 1. The van der Waals surface area contributed by atoms with Crippen LogP contribution in [0.25, 0.3) is 0 Å². The summed E-state index contributed by atoms with van der Waals surface area (Å²) in [5.74, 6) is -1.09. The van der Waals surface area contributed by atoms with Crippen molar-refractivity contribution >= 4 is 0 Å². The van der Waals surface area contributed by atoms with Gasteiger partial charge in [0.25, 0.3) is 0 Å². The fourth-order valence-electron chi connectivity index (χ4n) is 3.77. The van der Waals surface area contributed by atoms with Crippen molar-refractivity contribution in [1.29, 1.82) is 0 Å². The van der Waals surface area contributed by atoms with Gasteiger partial charge in [-0.05, 0) is 43.7 Å². The topological polar surface area (TPSA) is 9.37 Å². The summed E-state index contributed by atoms with van der Waals surface area (Å²) < 4.78 is 29.3. The average Bonchev–Trinajstić information content (AvgIpc) is 3.10. The standard InChI is InChI=1S/C25H30F2N2/c1-18(2)20(4)29(16-22-10-11-24(26)25(27)14-22)17-23-9-6-12-28(23)15-21-8-5-7-19(3)13-21/h5-14,18,20H,15-17H2,1-4H3/p+1/t20-/m1/s1. The predicted octanol–water partition coefficient (Wildman–Crippen LogP) is 4.75. The summed E-state index contributed by atoms with van der Waals surface area (Å²) >= 11 is 0. The van der Waals surface area contributed by atoms with E-state index in [1.54, 1.807) is 6.07 Å². The lowest BCUT2D eigenvalue weighted by molar-refractivity contribution is -0.954. The van der Waals surface area contributed by atoms with Crippen LogP contribution in [-0.4, -0.2) is 10.6 Å². The molecule has 0 saturated carbocycles. The first-order chi connectivity index (χ1) is 13.8. The Morgan fingerprint density at radius 1 is 0.862 bits per heavy atom. The molecule has 0 amide bonds. The molecule has 0 aliphatic heterocycles. The number of aromatic nitrogens is 1. The van der Waals surface area contributed by atoms with Crippen LogP contribution in [-0.2, 0) is 19.6 Å². The molecular formula is C25H31F2N2+. The minimum absolute atomic E-state index is 0.380. The second-order valence-corrected chi connectivity index (χ2v) is 8.41. The minimum atomic E-state index is -0.792. The first kappa shape index (κ1) is 21.3. The van der Waals surface area contributed by atoms with Gasteiger partial charge in [0.05, 0.1) is 11.7 Å². The largest absolute Gasteiger partial charge is 0.342 e. The van der Waals surface area contributed by atoms with Crippen molar-refractivity contribution in [2.24, 2.45) is 5.92 Å². The van der Waals surface area contributed by atoms with E-state index in [1.807, 2.05) is 0 Å². The Bertz CT molecular complexity index is 946. The lowest BCUT2D eigenvalue weighted by Crippen LogP contribution is -3.13. The van der Waals surface area contributed by atoms with Crippen molar-refractivity contribution < 1.29 is 13.7 Å². The van der Waals surface area contributed by atoms with Gasteiger partial charge in [-0.15, -0.1) is 0 Å². The molecule has 1 unspecified atom stereocenters. The van der Waals surface area contributed by atoms with Gasteiger partial charge in [0, 0.05) is 24.2 Å². The monoisotopic (exact) mass is 397 g/mol. The lowest BCUT2D eigenvalue weighted by Gasteiger charge is -2.29. The number of hydrogen-bond acceptors (Lipinski definition) is 0. The van der Waals surface area contributed by atoms with Crippen LogP contribution in [0, 0.1) is 24.5 Å². The van der Waals surface area contributed by atoms with Gasteiger partial charge >= 0.3 is 0 Å². The van der Waals surface area contributed by atoms with Crippen molar-refractivity contribution in [1.82, 2.24) is 4.57 Å². The maximum atomic E-state index is 13.7. The third-order valence-corrected chi connectivity index (χ3v) is 5.83. The van der Waals surface area contributed by atoms with Gasteiger partial charge in [-0.25, -0.2) is 8.78 Å². The smallest absolute Gasteiger partial charge is 0.159 e. The van der Waals surface area contributed by atoms with Crippen LogP contribution in [0.5, 0.6) is 0 Å². The fraction of sp³-hybridized carbons (Fsp3) is 0.360. The van der Waals surface area contributed by atoms with E-state index in [4.69, 9.17) is 0 Å². The zero-order valence-corrected chi connectivity index (χ0v) is 17.8. The summed E-state index contributed by atoms with van der Waals surface area (Å²) in [5.41, 5.74) is 4.61. The van der Waals surface area contributed by atoms with E-state index < -0.39 is 11.6 Å². The third kappa shape index (κ3) is 5.54. The van der Waals surface area contributed by atoms with Crippen LogP contribution in [0.1, 0.15) is 43.2 Å². The molecule has 3 rings (SSSR count). The second-order valence-electron chi connectivity index (χ2n) is 8.41. The third-order valence-electron chi connectivity index (χ3n) is 5.83. The van der Waals surface area contributed by atoms with Crippen LogP contribution in [0.15, 0.2) is 60.8 Å². The van der Waals surface area contributed by atoms with E-state index in [1.165, 1.54) is 33.9 Å². The molecule has 1 N–H and O–H groups in total. The van der Waals surface area contributed by atoms with Gasteiger partial charge in [0.15, 0.2) is 11.6 Å². The normalized spacial score (nSPS) is 13.6. The molecule has 154 valence electrons. The molecule has 3 aromatic rings. The Morgan fingerprint density at radius 3 is 2.34 bits per heavy atom. The van der Waals surface area contributed by atoms with Crippen molar-refractivity contribution in [2.75, 3.05) is 0 Å². The summed E-state index contributed by atoms with van der Waals surface area (Å²) in [7, 11) is 0. The Labute approximate surface area is 172 Å². The molecule has 2 nitrogen and oxygen atoms in total. The van der Waals surface area contributed by atoms with Crippen molar-refractivity contribution in [3.8, 4) is 0 Å².